The van der Waals surface area contributed by atoms with Gasteiger partial charge >= 0.3 is 0 Å². The number of methoxy groups -OCH3 is 1. The number of carbonyl (C=O) groups is 2. The Hall–Kier alpha value is -3.32. The molecular weight excluding hydrogens is 748 g/mol. The number of para-hydroxylation sites is 1. The molecule has 0 aromatic heterocycles. The topological polar surface area (TPSA) is 124 Å². The molecule has 4 N–H and O–H groups in total. The second-order valence-corrected chi connectivity index (χ2v) is 17.5. The number of rotatable bonds is 14. The Kier molecular flexibility index (Phi) is 12.6. The van der Waals surface area contributed by atoms with Crippen LogP contribution in [0.15, 0.2) is 71.2 Å². The SMILES string of the molecule is COc1c(CN2O[C@@H](CO)[C@@H]([C@H](C)O)C2C(=O)N[C@H]2C[C@H]3C[C@@H]([C@@H]2C)C3(C)C)cccc1-c1cc(Br)cc(C(=O)N[C@@H](Cc2ccccc2)CN(C)C)c1. The zero-order valence-corrected chi connectivity index (χ0v) is 34.2. The third kappa shape index (κ3) is 8.41. The molecule has 0 radical (unpaired) electrons. The van der Waals surface area contributed by atoms with Crippen LogP contribution in [-0.4, -0.2) is 96.7 Å². The first-order valence-electron chi connectivity index (χ1n) is 19.2. The first kappa shape index (κ1) is 40.3. The van der Waals surface area contributed by atoms with Crippen LogP contribution in [0.5, 0.6) is 5.75 Å². The van der Waals surface area contributed by atoms with Crippen molar-refractivity contribution in [1.82, 2.24) is 20.6 Å². The van der Waals surface area contributed by atoms with Crippen molar-refractivity contribution in [3.05, 3.63) is 87.9 Å². The van der Waals surface area contributed by atoms with E-state index in [1.165, 1.54) is 6.42 Å². The summed E-state index contributed by atoms with van der Waals surface area (Å²) in [6.45, 7) is 9.06. The second-order valence-electron chi connectivity index (χ2n) is 16.6. The maximum absolute atomic E-state index is 14.2. The molecule has 54 heavy (non-hydrogen) atoms. The number of likely N-dealkylation sites (N-methyl/N-ethyl adjacent to an activating group) is 1. The molecule has 0 spiro atoms. The molecule has 2 amide bonds. The molecule has 3 aromatic rings. The number of aliphatic hydroxyl groups excluding tert-OH is 2. The minimum absolute atomic E-state index is 0.0382. The number of ether oxygens (including phenoxy) is 1. The van der Waals surface area contributed by atoms with Gasteiger partial charge in [-0.1, -0.05) is 85.2 Å². The number of nitrogens with zero attached hydrogens (tertiary/aromatic N) is 2. The second kappa shape index (κ2) is 16.8. The normalized spacial score (nSPS) is 27.2. The molecule has 10 nitrogen and oxygen atoms in total. The van der Waals surface area contributed by atoms with E-state index in [0.717, 1.165) is 33.1 Å². The van der Waals surface area contributed by atoms with E-state index in [1.807, 2.05) is 68.7 Å². The Morgan fingerprint density at radius 1 is 1.09 bits per heavy atom. The highest BCUT2D eigenvalue weighted by molar-refractivity contribution is 9.10. The van der Waals surface area contributed by atoms with Crippen LogP contribution in [0.2, 0.25) is 0 Å². The molecule has 2 bridgehead atoms. The van der Waals surface area contributed by atoms with E-state index in [1.54, 1.807) is 19.1 Å². The molecule has 4 aliphatic rings. The average Bonchev–Trinajstić information content (AvgIpc) is 3.50. The van der Waals surface area contributed by atoms with Crippen molar-refractivity contribution in [2.45, 2.75) is 83.8 Å². The highest BCUT2D eigenvalue weighted by Crippen LogP contribution is 2.61. The predicted octanol–water partition coefficient (Wildman–Crippen LogP) is 5.69. The van der Waals surface area contributed by atoms with Crippen LogP contribution < -0.4 is 15.4 Å². The molecule has 1 unspecified atom stereocenters. The number of halogens is 1. The molecular formula is C43H57BrN4O6. The fraction of sp³-hybridized carbons (Fsp3) is 0.535. The maximum atomic E-state index is 14.2. The number of nitrogens with one attached hydrogen (secondary N) is 2. The van der Waals surface area contributed by atoms with Crippen molar-refractivity contribution in [3.8, 4) is 16.9 Å². The number of aliphatic hydroxyl groups is 2. The Morgan fingerprint density at radius 3 is 2.46 bits per heavy atom. The highest BCUT2D eigenvalue weighted by Gasteiger charge is 2.57. The lowest BCUT2D eigenvalue weighted by atomic mass is 9.45. The molecule has 1 aliphatic heterocycles. The van der Waals surface area contributed by atoms with Gasteiger partial charge in [0.05, 0.1) is 26.4 Å². The van der Waals surface area contributed by atoms with Gasteiger partial charge < -0.3 is 30.5 Å². The van der Waals surface area contributed by atoms with E-state index in [9.17, 15) is 19.8 Å². The van der Waals surface area contributed by atoms with Gasteiger partial charge in [0.25, 0.3) is 5.91 Å². The number of amides is 2. The summed E-state index contributed by atoms with van der Waals surface area (Å²) >= 11 is 3.64. The molecule has 292 valence electrons. The number of fused-ring (bicyclic) bond motifs is 2. The van der Waals surface area contributed by atoms with Crippen LogP contribution in [0.1, 0.15) is 62.0 Å². The largest absolute Gasteiger partial charge is 0.496 e. The predicted molar refractivity (Wildman–Crippen MR) is 214 cm³/mol. The van der Waals surface area contributed by atoms with Gasteiger partial charge in [0.15, 0.2) is 0 Å². The third-order valence-electron chi connectivity index (χ3n) is 12.4. The van der Waals surface area contributed by atoms with Gasteiger partial charge in [0, 0.05) is 45.7 Å². The monoisotopic (exact) mass is 804 g/mol. The number of hydrogen-bond donors (Lipinski definition) is 4. The van der Waals surface area contributed by atoms with Gasteiger partial charge in [0.1, 0.15) is 17.9 Å². The Morgan fingerprint density at radius 2 is 1.83 bits per heavy atom. The van der Waals surface area contributed by atoms with Crippen LogP contribution in [0, 0.1) is 29.1 Å². The number of hydrogen-bond acceptors (Lipinski definition) is 8. The van der Waals surface area contributed by atoms with Gasteiger partial charge in [-0.2, -0.15) is 5.06 Å². The fourth-order valence-electron chi connectivity index (χ4n) is 9.48. The quantitative estimate of drug-likeness (QED) is 0.164. The smallest absolute Gasteiger partial charge is 0.251 e. The lowest BCUT2D eigenvalue weighted by molar-refractivity contribution is -0.183. The molecule has 3 saturated carbocycles. The van der Waals surface area contributed by atoms with Crippen molar-refractivity contribution in [2.75, 3.05) is 34.4 Å². The lowest BCUT2D eigenvalue weighted by Gasteiger charge is -2.62. The standard InChI is InChI=1S/C43H57BrN4O6/c1-25-35-20-31(43(35,3)4)21-36(25)46-42(52)39-38(26(2)50)37(24-49)54-48(39)22-28-14-11-15-34(40(28)53-7)29-17-30(19-32(44)18-29)41(51)45-33(23-47(5)6)16-27-12-9-8-10-13-27/h8-15,17-19,25-26,31,33,35-39,49-50H,16,20-24H2,1-7H3,(H,45,51)(H,46,52)/t25-,26-,31+,33-,35-,36-,37-,38+,39?/m0/s1. The fourth-order valence-corrected chi connectivity index (χ4v) is 9.97. The molecule has 9 atom stereocenters. The Balaban J connectivity index is 1.25. The number of benzene rings is 3. The van der Waals surface area contributed by atoms with E-state index in [2.05, 4.69) is 64.4 Å². The summed E-state index contributed by atoms with van der Waals surface area (Å²) in [6.07, 6.45) is 1.18. The van der Waals surface area contributed by atoms with Crippen molar-refractivity contribution < 1.29 is 29.4 Å². The molecule has 4 fully saturated rings. The first-order chi connectivity index (χ1) is 25.7. The van der Waals surface area contributed by atoms with E-state index < -0.39 is 24.2 Å². The molecule has 3 aliphatic carbocycles. The van der Waals surface area contributed by atoms with E-state index in [4.69, 9.17) is 9.57 Å². The Labute approximate surface area is 328 Å². The summed E-state index contributed by atoms with van der Waals surface area (Å²) in [6, 6.07) is 20.7. The summed E-state index contributed by atoms with van der Waals surface area (Å²) in [5.74, 6) is 1.01. The van der Waals surface area contributed by atoms with Crippen molar-refractivity contribution >= 4 is 27.7 Å². The maximum Gasteiger partial charge on any atom is 0.251 e. The summed E-state index contributed by atoms with van der Waals surface area (Å²) in [7, 11) is 5.60. The zero-order valence-electron chi connectivity index (χ0n) is 32.6. The molecule has 1 heterocycles. The van der Waals surface area contributed by atoms with Gasteiger partial charge in [-0.05, 0) is 92.8 Å². The van der Waals surface area contributed by atoms with Gasteiger partial charge in [-0.15, -0.1) is 0 Å². The van der Waals surface area contributed by atoms with Gasteiger partial charge in [-0.3, -0.25) is 14.4 Å². The summed E-state index contributed by atoms with van der Waals surface area (Å²) < 4.78 is 6.79. The van der Waals surface area contributed by atoms with Gasteiger partial charge in [-0.25, -0.2) is 0 Å². The molecule has 7 rings (SSSR count). The van der Waals surface area contributed by atoms with Crippen molar-refractivity contribution in [3.63, 3.8) is 0 Å². The van der Waals surface area contributed by atoms with Crippen molar-refractivity contribution in [1.29, 1.82) is 0 Å². The number of carbonyl (C=O) groups excluding carboxylic acids is 2. The first-order valence-corrected chi connectivity index (χ1v) is 20.0. The summed E-state index contributed by atoms with van der Waals surface area (Å²) in [4.78, 5) is 36.4. The van der Waals surface area contributed by atoms with Crippen LogP contribution in [0.3, 0.4) is 0 Å². The molecule has 11 heteroatoms. The van der Waals surface area contributed by atoms with Crippen LogP contribution in [0.25, 0.3) is 11.1 Å². The van der Waals surface area contributed by atoms with E-state index in [-0.39, 0.29) is 42.5 Å². The van der Waals surface area contributed by atoms with E-state index >= 15 is 0 Å². The van der Waals surface area contributed by atoms with Crippen LogP contribution in [0.4, 0.5) is 0 Å². The average molecular weight is 806 g/mol. The highest BCUT2D eigenvalue weighted by atomic mass is 79.9. The van der Waals surface area contributed by atoms with Crippen LogP contribution >= 0.6 is 15.9 Å². The van der Waals surface area contributed by atoms with Crippen molar-refractivity contribution in [2.24, 2.45) is 29.1 Å². The van der Waals surface area contributed by atoms with Gasteiger partial charge in [0.2, 0.25) is 5.91 Å². The summed E-state index contributed by atoms with van der Waals surface area (Å²) in [5.41, 5.74) is 4.24. The Bertz CT molecular complexity index is 1790. The lowest BCUT2D eigenvalue weighted by Crippen LogP contribution is -2.62. The summed E-state index contributed by atoms with van der Waals surface area (Å²) in [5, 5.41) is 29.5. The molecule has 1 saturated heterocycles. The van der Waals surface area contributed by atoms with E-state index in [0.29, 0.717) is 42.0 Å². The van der Waals surface area contributed by atoms with Crippen LogP contribution in [-0.2, 0) is 22.6 Å². The third-order valence-corrected chi connectivity index (χ3v) is 12.9. The molecule has 3 aromatic carbocycles. The zero-order chi connectivity index (χ0) is 38.9. The number of hydroxylamine groups is 2. The minimum atomic E-state index is -0.900. The minimum Gasteiger partial charge on any atom is -0.496 e.